The number of carboxylic acid groups (broad SMARTS) is 1. The normalized spacial score (nSPS) is 11.4. The predicted octanol–water partition coefficient (Wildman–Crippen LogP) is -0.489. The van der Waals surface area contributed by atoms with E-state index in [4.69, 9.17) is 5.11 Å². The number of ether oxygens (including phenoxy) is 1. The summed E-state index contributed by atoms with van der Waals surface area (Å²) >= 11 is 0. The number of aromatic amines is 1. The first-order chi connectivity index (χ1) is 9.45. The van der Waals surface area contributed by atoms with E-state index in [-0.39, 0.29) is 18.4 Å². The van der Waals surface area contributed by atoms with Crippen LogP contribution >= 0.6 is 0 Å². The van der Waals surface area contributed by atoms with Gasteiger partial charge in [0.05, 0.1) is 7.11 Å². The fourth-order valence-electron chi connectivity index (χ4n) is 1.46. The van der Waals surface area contributed by atoms with Crippen molar-refractivity contribution in [3.8, 4) is 0 Å². The summed E-state index contributed by atoms with van der Waals surface area (Å²) in [6.45, 7) is 0. The van der Waals surface area contributed by atoms with Gasteiger partial charge in [-0.25, -0.2) is 4.79 Å². The summed E-state index contributed by atoms with van der Waals surface area (Å²) in [5.41, 5.74) is -0.820. The van der Waals surface area contributed by atoms with E-state index in [0.717, 1.165) is 0 Å². The molecular formula is C12H14N2O6. The largest absolute Gasteiger partial charge is 0.480 e. The Morgan fingerprint density at radius 3 is 2.70 bits per heavy atom. The summed E-state index contributed by atoms with van der Waals surface area (Å²) in [6, 6.07) is 1.44. The van der Waals surface area contributed by atoms with Crippen molar-refractivity contribution in [1.29, 1.82) is 0 Å². The Morgan fingerprint density at radius 2 is 2.15 bits per heavy atom. The van der Waals surface area contributed by atoms with Gasteiger partial charge in [-0.1, -0.05) is 0 Å². The molecule has 1 aromatic heterocycles. The smallest absolute Gasteiger partial charge is 0.326 e. The fourth-order valence-corrected chi connectivity index (χ4v) is 1.46. The molecule has 0 bridgehead atoms. The van der Waals surface area contributed by atoms with Crippen molar-refractivity contribution < 1.29 is 24.2 Å². The van der Waals surface area contributed by atoms with E-state index in [2.05, 4.69) is 15.0 Å². The molecule has 0 aromatic carbocycles. The van der Waals surface area contributed by atoms with Crippen LogP contribution in [0.1, 0.15) is 23.2 Å². The number of pyridine rings is 1. The molecule has 1 atom stereocenters. The molecule has 1 rings (SSSR count). The van der Waals surface area contributed by atoms with Crippen LogP contribution in [0.5, 0.6) is 0 Å². The van der Waals surface area contributed by atoms with Crippen LogP contribution in [-0.2, 0) is 14.3 Å². The van der Waals surface area contributed by atoms with Gasteiger partial charge in [0.25, 0.3) is 11.5 Å². The van der Waals surface area contributed by atoms with Gasteiger partial charge in [-0.2, -0.15) is 0 Å². The molecule has 0 aliphatic carbocycles. The number of esters is 1. The predicted molar refractivity (Wildman–Crippen MR) is 67.2 cm³/mol. The van der Waals surface area contributed by atoms with E-state index >= 15 is 0 Å². The van der Waals surface area contributed by atoms with E-state index in [1.807, 2.05) is 0 Å². The van der Waals surface area contributed by atoms with Crippen LogP contribution in [0.15, 0.2) is 23.1 Å². The van der Waals surface area contributed by atoms with E-state index < -0.39 is 29.4 Å². The molecule has 3 N–H and O–H groups in total. The van der Waals surface area contributed by atoms with Gasteiger partial charge in [0.2, 0.25) is 0 Å². The summed E-state index contributed by atoms with van der Waals surface area (Å²) < 4.78 is 4.39. The maximum Gasteiger partial charge on any atom is 0.326 e. The highest BCUT2D eigenvalue weighted by Crippen LogP contribution is 2.01. The first-order valence-electron chi connectivity index (χ1n) is 5.74. The molecule has 20 heavy (non-hydrogen) atoms. The quantitative estimate of drug-likeness (QED) is 0.604. The molecule has 1 heterocycles. The maximum atomic E-state index is 11.8. The number of hydrogen-bond donors (Lipinski definition) is 3. The van der Waals surface area contributed by atoms with E-state index in [9.17, 15) is 19.2 Å². The molecule has 1 amide bonds. The standard InChI is InChI=1S/C12H14N2O6/c1-20-9(15)5-4-8(12(18)19)14-11(17)7-3-2-6-13-10(7)16/h2-3,6,8H,4-5H2,1H3,(H,13,16)(H,14,17)(H,18,19). The number of amides is 1. The highest BCUT2D eigenvalue weighted by molar-refractivity contribution is 5.96. The topological polar surface area (TPSA) is 126 Å². The first-order valence-corrected chi connectivity index (χ1v) is 5.74. The van der Waals surface area contributed by atoms with Crippen molar-refractivity contribution in [3.05, 3.63) is 34.2 Å². The van der Waals surface area contributed by atoms with Gasteiger partial charge in [-0.05, 0) is 18.6 Å². The molecular weight excluding hydrogens is 268 g/mol. The van der Waals surface area contributed by atoms with Crippen LogP contribution in [0.4, 0.5) is 0 Å². The minimum absolute atomic E-state index is 0.127. The van der Waals surface area contributed by atoms with Crippen LogP contribution in [0, 0.1) is 0 Å². The van der Waals surface area contributed by atoms with Gasteiger partial charge >= 0.3 is 11.9 Å². The fraction of sp³-hybridized carbons (Fsp3) is 0.333. The van der Waals surface area contributed by atoms with Crippen molar-refractivity contribution >= 4 is 17.8 Å². The summed E-state index contributed by atoms with van der Waals surface area (Å²) in [4.78, 5) is 47.4. The van der Waals surface area contributed by atoms with Gasteiger partial charge in [-0.15, -0.1) is 0 Å². The molecule has 8 heteroatoms. The third-order valence-electron chi connectivity index (χ3n) is 2.53. The van der Waals surface area contributed by atoms with Crippen molar-refractivity contribution in [2.45, 2.75) is 18.9 Å². The molecule has 1 unspecified atom stereocenters. The Bertz CT molecular complexity index is 565. The minimum atomic E-state index is -1.30. The number of carbonyl (C=O) groups excluding carboxylic acids is 2. The van der Waals surface area contributed by atoms with Crippen molar-refractivity contribution in [2.24, 2.45) is 0 Å². The lowest BCUT2D eigenvalue weighted by molar-refractivity contribution is -0.142. The molecule has 8 nitrogen and oxygen atoms in total. The van der Waals surface area contributed by atoms with E-state index in [0.29, 0.717) is 0 Å². The lowest BCUT2D eigenvalue weighted by Crippen LogP contribution is -2.42. The van der Waals surface area contributed by atoms with E-state index in [1.54, 1.807) is 0 Å². The van der Waals surface area contributed by atoms with Crippen LogP contribution in [0.2, 0.25) is 0 Å². The summed E-state index contributed by atoms with van der Waals surface area (Å²) in [6.07, 6.45) is 1.07. The average Bonchev–Trinajstić information content (AvgIpc) is 2.42. The summed E-state index contributed by atoms with van der Waals surface area (Å²) in [7, 11) is 1.18. The lowest BCUT2D eigenvalue weighted by Gasteiger charge is -2.13. The van der Waals surface area contributed by atoms with Crippen LogP contribution in [0.25, 0.3) is 0 Å². The number of carbonyl (C=O) groups is 3. The van der Waals surface area contributed by atoms with E-state index in [1.165, 1.54) is 25.4 Å². The monoisotopic (exact) mass is 282 g/mol. The molecule has 0 fully saturated rings. The van der Waals surface area contributed by atoms with Crippen LogP contribution < -0.4 is 10.9 Å². The summed E-state index contributed by atoms with van der Waals surface area (Å²) in [5.74, 6) is -2.69. The molecule has 0 saturated carbocycles. The second-order valence-electron chi connectivity index (χ2n) is 3.89. The molecule has 0 saturated heterocycles. The van der Waals surface area contributed by atoms with Gasteiger partial charge in [0.15, 0.2) is 0 Å². The zero-order chi connectivity index (χ0) is 15.1. The number of aromatic nitrogens is 1. The maximum absolute atomic E-state index is 11.8. The molecule has 0 spiro atoms. The van der Waals surface area contributed by atoms with Crippen molar-refractivity contribution in [3.63, 3.8) is 0 Å². The Morgan fingerprint density at radius 1 is 1.45 bits per heavy atom. The molecule has 108 valence electrons. The second kappa shape index (κ2) is 7.07. The second-order valence-corrected chi connectivity index (χ2v) is 3.89. The third-order valence-corrected chi connectivity index (χ3v) is 2.53. The van der Waals surface area contributed by atoms with Gasteiger partial charge in [-0.3, -0.25) is 14.4 Å². The molecule has 1 aromatic rings. The zero-order valence-corrected chi connectivity index (χ0v) is 10.7. The molecule has 0 aliphatic rings. The van der Waals surface area contributed by atoms with Crippen molar-refractivity contribution in [1.82, 2.24) is 10.3 Å². The van der Waals surface area contributed by atoms with Crippen LogP contribution in [0.3, 0.4) is 0 Å². The zero-order valence-electron chi connectivity index (χ0n) is 10.7. The number of hydrogen-bond acceptors (Lipinski definition) is 5. The first kappa shape index (κ1) is 15.4. The van der Waals surface area contributed by atoms with Gasteiger partial charge < -0.3 is 20.1 Å². The average molecular weight is 282 g/mol. The Labute approximate surface area is 113 Å². The van der Waals surface area contributed by atoms with Crippen LogP contribution in [-0.4, -0.2) is 41.1 Å². The number of H-pyrrole nitrogens is 1. The molecule has 0 aliphatic heterocycles. The Balaban J connectivity index is 2.74. The summed E-state index contributed by atoms with van der Waals surface area (Å²) in [5, 5.41) is 11.2. The highest BCUT2D eigenvalue weighted by Gasteiger charge is 2.22. The van der Waals surface area contributed by atoms with Crippen molar-refractivity contribution in [2.75, 3.05) is 7.11 Å². The van der Waals surface area contributed by atoms with Gasteiger partial charge in [0.1, 0.15) is 11.6 Å². The highest BCUT2D eigenvalue weighted by atomic mass is 16.5. The SMILES string of the molecule is COC(=O)CCC(NC(=O)c1ccc[nH]c1=O)C(=O)O. The number of rotatable bonds is 6. The Hall–Kier alpha value is -2.64. The number of methoxy groups -OCH3 is 1. The Kier molecular flexibility index (Phi) is 5.45. The number of nitrogens with one attached hydrogen (secondary N) is 2. The third kappa shape index (κ3) is 4.23. The van der Waals surface area contributed by atoms with Gasteiger partial charge in [0, 0.05) is 12.6 Å². The lowest BCUT2D eigenvalue weighted by atomic mass is 10.1. The number of aliphatic carboxylic acids is 1. The number of carboxylic acids is 1. The molecule has 0 radical (unpaired) electrons. The minimum Gasteiger partial charge on any atom is -0.480 e.